The summed E-state index contributed by atoms with van der Waals surface area (Å²) in [5.74, 6) is -0.905. The molecular weight excluding hydrogens is 300 g/mol. The molecule has 1 aliphatic rings. The molecule has 1 heterocycles. The van der Waals surface area contributed by atoms with Gasteiger partial charge in [-0.15, -0.1) is 0 Å². The predicted molar refractivity (Wildman–Crippen MR) is 79.9 cm³/mol. The molecule has 2 aromatic rings. The molecule has 0 aliphatic carbocycles. The van der Waals surface area contributed by atoms with Crippen molar-refractivity contribution < 1.29 is 19.6 Å². The molecule has 116 valence electrons. The van der Waals surface area contributed by atoms with Gasteiger partial charge in [-0.25, -0.2) is 0 Å². The van der Waals surface area contributed by atoms with Gasteiger partial charge in [-0.05, 0) is 29.8 Å². The van der Waals surface area contributed by atoms with Gasteiger partial charge in [0.1, 0.15) is 0 Å². The molecular formula is C16H12N2O5. The zero-order valence-electron chi connectivity index (χ0n) is 11.9. The van der Waals surface area contributed by atoms with E-state index in [2.05, 4.69) is 0 Å². The van der Waals surface area contributed by atoms with E-state index < -0.39 is 22.8 Å². The number of aliphatic hydroxyl groups excluding tert-OH is 1. The summed E-state index contributed by atoms with van der Waals surface area (Å²) in [6, 6.07) is 11.8. The summed E-state index contributed by atoms with van der Waals surface area (Å²) in [7, 11) is 0. The zero-order valence-corrected chi connectivity index (χ0v) is 11.9. The van der Waals surface area contributed by atoms with Crippen LogP contribution in [0.2, 0.25) is 0 Å². The Hall–Kier alpha value is -3.06. The smallest absolute Gasteiger partial charge is 0.269 e. The minimum atomic E-state index is -1.11. The lowest BCUT2D eigenvalue weighted by molar-refractivity contribution is -0.384. The van der Waals surface area contributed by atoms with Crippen molar-refractivity contribution in [2.75, 3.05) is 6.54 Å². The molecule has 0 spiro atoms. The van der Waals surface area contributed by atoms with Gasteiger partial charge < -0.3 is 5.11 Å². The standard InChI is InChI=1S/C16H12N2O5/c19-14(10-5-7-11(8-6-10)18(22)23)9-17-15(20)12-3-1-2-4-13(12)16(17)21/h1-8,14,19H,9H2. The van der Waals surface area contributed by atoms with Gasteiger partial charge in [0.25, 0.3) is 17.5 Å². The number of rotatable bonds is 4. The number of nitro benzene ring substituents is 1. The van der Waals surface area contributed by atoms with Gasteiger partial charge in [-0.3, -0.25) is 24.6 Å². The average Bonchev–Trinajstić information content (AvgIpc) is 2.80. The quantitative estimate of drug-likeness (QED) is 0.528. The number of carbonyl (C=O) groups excluding carboxylic acids is 2. The number of nitro groups is 1. The van der Waals surface area contributed by atoms with Crippen LogP contribution in [0.5, 0.6) is 0 Å². The molecule has 0 aromatic heterocycles. The van der Waals surface area contributed by atoms with E-state index in [0.717, 1.165) is 4.90 Å². The van der Waals surface area contributed by atoms with Gasteiger partial charge in [-0.2, -0.15) is 0 Å². The number of hydrogen-bond acceptors (Lipinski definition) is 5. The number of imide groups is 1. The third-order valence-electron chi connectivity index (χ3n) is 3.72. The summed E-state index contributed by atoms with van der Waals surface area (Å²) in [5, 5.41) is 20.8. The van der Waals surface area contributed by atoms with Crippen molar-refractivity contribution in [3.8, 4) is 0 Å². The van der Waals surface area contributed by atoms with Crippen LogP contribution in [0.4, 0.5) is 5.69 Å². The van der Waals surface area contributed by atoms with Crippen molar-refractivity contribution in [2.24, 2.45) is 0 Å². The minimum Gasteiger partial charge on any atom is -0.387 e. The monoisotopic (exact) mass is 312 g/mol. The Kier molecular flexibility index (Phi) is 3.63. The fourth-order valence-corrected chi connectivity index (χ4v) is 2.50. The van der Waals surface area contributed by atoms with E-state index in [1.54, 1.807) is 24.3 Å². The molecule has 0 radical (unpaired) electrons. The molecule has 7 nitrogen and oxygen atoms in total. The van der Waals surface area contributed by atoms with Gasteiger partial charge in [-0.1, -0.05) is 12.1 Å². The number of β-amino-alcohol motifs (C(OH)–C–C–N with tert-alkyl or cyclic N) is 1. The van der Waals surface area contributed by atoms with Crippen LogP contribution in [0.1, 0.15) is 32.4 Å². The number of benzene rings is 2. The van der Waals surface area contributed by atoms with Gasteiger partial charge in [0, 0.05) is 12.1 Å². The second-order valence-corrected chi connectivity index (χ2v) is 5.13. The summed E-state index contributed by atoms with van der Waals surface area (Å²) in [6.45, 7) is -0.204. The molecule has 1 unspecified atom stereocenters. The lowest BCUT2D eigenvalue weighted by Crippen LogP contribution is -2.33. The maximum absolute atomic E-state index is 12.2. The van der Waals surface area contributed by atoms with Crippen LogP contribution in [0, 0.1) is 10.1 Å². The summed E-state index contributed by atoms with van der Waals surface area (Å²) in [4.78, 5) is 35.5. The largest absolute Gasteiger partial charge is 0.387 e. The molecule has 3 rings (SSSR count). The normalized spacial score (nSPS) is 14.7. The molecule has 23 heavy (non-hydrogen) atoms. The van der Waals surface area contributed by atoms with Crippen LogP contribution >= 0.6 is 0 Å². The van der Waals surface area contributed by atoms with Crippen LogP contribution in [-0.4, -0.2) is 33.3 Å². The number of non-ortho nitro benzene ring substituents is 1. The van der Waals surface area contributed by atoms with Crippen molar-refractivity contribution in [1.82, 2.24) is 4.90 Å². The third-order valence-corrected chi connectivity index (χ3v) is 3.72. The molecule has 1 aliphatic heterocycles. The minimum absolute atomic E-state index is 0.0957. The van der Waals surface area contributed by atoms with Gasteiger partial charge in [0.05, 0.1) is 28.7 Å². The first kappa shape index (κ1) is 14.9. The van der Waals surface area contributed by atoms with Crippen molar-refractivity contribution in [3.63, 3.8) is 0 Å². The van der Waals surface area contributed by atoms with E-state index in [1.807, 2.05) is 0 Å². The van der Waals surface area contributed by atoms with E-state index >= 15 is 0 Å². The predicted octanol–water partition coefficient (Wildman–Crippen LogP) is 1.92. The lowest BCUT2D eigenvalue weighted by atomic mass is 10.1. The third kappa shape index (κ3) is 2.58. The second kappa shape index (κ2) is 5.62. The highest BCUT2D eigenvalue weighted by Gasteiger charge is 2.36. The van der Waals surface area contributed by atoms with Crippen LogP contribution in [0.25, 0.3) is 0 Å². The molecule has 2 amide bonds. The first-order valence-corrected chi connectivity index (χ1v) is 6.86. The number of nitrogens with zero attached hydrogens (tertiary/aromatic N) is 2. The molecule has 0 bridgehead atoms. The number of hydrogen-bond donors (Lipinski definition) is 1. The number of carbonyl (C=O) groups is 2. The van der Waals surface area contributed by atoms with Gasteiger partial charge >= 0.3 is 0 Å². The Morgan fingerprint density at radius 2 is 1.52 bits per heavy atom. The van der Waals surface area contributed by atoms with Crippen molar-refractivity contribution in [1.29, 1.82) is 0 Å². The van der Waals surface area contributed by atoms with E-state index in [0.29, 0.717) is 16.7 Å². The number of aliphatic hydroxyl groups is 1. The number of amides is 2. The Bertz CT molecular complexity index is 765. The van der Waals surface area contributed by atoms with Crippen molar-refractivity contribution in [3.05, 3.63) is 75.3 Å². The molecule has 0 saturated carbocycles. The zero-order chi connectivity index (χ0) is 16.6. The van der Waals surface area contributed by atoms with Crippen LogP contribution in [-0.2, 0) is 0 Å². The molecule has 0 saturated heterocycles. The lowest BCUT2D eigenvalue weighted by Gasteiger charge is -2.18. The van der Waals surface area contributed by atoms with Crippen LogP contribution in [0.15, 0.2) is 48.5 Å². The Balaban J connectivity index is 1.79. The first-order chi connectivity index (χ1) is 11.0. The molecule has 1 atom stereocenters. The summed E-state index contributed by atoms with van der Waals surface area (Å²) in [5.41, 5.74) is 0.927. The Morgan fingerprint density at radius 3 is 2.00 bits per heavy atom. The Morgan fingerprint density at radius 1 is 1.00 bits per heavy atom. The molecule has 1 N–H and O–H groups in total. The van der Waals surface area contributed by atoms with E-state index in [1.165, 1.54) is 24.3 Å². The fraction of sp³-hybridized carbons (Fsp3) is 0.125. The molecule has 7 heteroatoms. The number of fused-ring (bicyclic) bond motifs is 1. The summed E-state index contributed by atoms with van der Waals surface area (Å²) >= 11 is 0. The van der Waals surface area contributed by atoms with Crippen molar-refractivity contribution >= 4 is 17.5 Å². The second-order valence-electron chi connectivity index (χ2n) is 5.13. The first-order valence-electron chi connectivity index (χ1n) is 6.86. The van der Waals surface area contributed by atoms with Crippen LogP contribution in [0.3, 0.4) is 0 Å². The van der Waals surface area contributed by atoms with E-state index in [9.17, 15) is 24.8 Å². The highest BCUT2D eigenvalue weighted by atomic mass is 16.6. The highest BCUT2D eigenvalue weighted by molar-refractivity contribution is 6.21. The van der Waals surface area contributed by atoms with Gasteiger partial charge in [0.2, 0.25) is 0 Å². The fourth-order valence-electron chi connectivity index (χ4n) is 2.50. The Labute approximate surface area is 130 Å². The molecule has 2 aromatic carbocycles. The summed E-state index contributed by atoms with van der Waals surface area (Å²) < 4.78 is 0. The van der Waals surface area contributed by atoms with Crippen molar-refractivity contribution in [2.45, 2.75) is 6.10 Å². The summed E-state index contributed by atoms with van der Waals surface area (Å²) in [6.07, 6.45) is -1.11. The van der Waals surface area contributed by atoms with E-state index in [4.69, 9.17) is 0 Å². The topological polar surface area (TPSA) is 101 Å². The SMILES string of the molecule is O=C1c2ccccc2C(=O)N1CC(O)c1ccc([N+](=O)[O-])cc1. The highest BCUT2D eigenvalue weighted by Crippen LogP contribution is 2.25. The van der Waals surface area contributed by atoms with Crippen LogP contribution < -0.4 is 0 Å². The van der Waals surface area contributed by atoms with Gasteiger partial charge in [0.15, 0.2) is 0 Å². The average molecular weight is 312 g/mol. The maximum Gasteiger partial charge on any atom is 0.269 e. The van der Waals surface area contributed by atoms with E-state index in [-0.39, 0.29) is 12.2 Å². The maximum atomic E-state index is 12.2. The molecule has 0 fully saturated rings.